The summed E-state index contributed by atoms with van der Waals surface area (Å²) in [6, 6.07) is 0. The first-order valence-corrected chi connectivity index (χ1v) is 3.39. The minimum atomic E-state index is -1.31. The van der Waals surface area contributed by atoms with E-state index in [-0.39, 0.29) is 35.0 Å². The van der Waals surface area contributed by atoms with E-state index in [1.165, 1.54) is 0 Å². The predicted molar refractivity (Wildman–Crippen MR) is 41.6 cm³/mol. The van der Waals surface area contributed by atoms with E-state index in [1.807, 2.05) is 0 Å². The maximum Gasteiger partial charge on any atom is 1.00 e. The third-order valence-corrected chi connectivity index (χ3v) is 1.52. The minimum absolute atomic E-state index is 0. The monoisotopic (exact) mass is 219 g/mol. The van der Waals surface area contributed by atoms with Gasteiger partial charge in [-0.25, -0.2) is 0 Å². The molecule has 0 bridgehead atoms. The van der Waals surface area contributed by atoms with Crippen molar-refractivity contribution in [1.82, 2.24) is 5.32 Å². The van der Waals surface area contributed by atoms with Crippen LogP contribution in [0.15, 0.2) is 0 Å². The minimum Gasteiger partial charge on any atom is -0.870 e. The molecule has 0 aromatic rings. The first kappa shape index (κ1) is 19.8. The summed E-state index contributed by atoms with van der Waals surface area (Å²) in [7, 11) is 0. The number of aliphatic carboxylic acids is 1. The number of aliphatic hydroxyl groups is 3. The number of carbonyl (C=O) groups is 1. The summed E-state index contributed by atoms with van der Waals surface area (Å²) >= 11 is 0. The van der Waals surface area contributed by atoms with Crippen LogP contribution in [0.1, 0.15) is 0 Å². The zero-order valence-electron chi connectivity index (χ0n) is 7.97. The Labute approximate surface area is 103 Å². The van der Waals surface area contributed by atoms with Crippen molar-refractivity contribution in [3.05, 3.63) is 0 Å². The number of hydrogen-bond donors (Lipinski definition) is 5. The van der Waals surface area contributed by atoms with Gasteiger partial charge in [-0.15, -0.1) is 0 Å². The Morgan fingerprint density at radius 1 is 1.14 bits per heavy atom. The van der Waals surface area contributed by atoms with Gasteiger partial charge in [0.1, 0.15) is 0 Å². The second-order valence-electron chi connectivity index (χ2n) is 2.50. The molecule has 0 atom stereocenters. The molecule has 0 spiro atoms. The molecule has 80 valence electrons. The number of aliphatic hydroxyl groups excluding tert-OH is 3. The molecule has 8 heteroatoms. The maximum atomic E-state index is 10.1. The molecule has 0 saturated heterocycles. The molecule has 0 rings (SSSR count). The summed E-state index contributed by atoms with van der Waals surface area (Å²) in [5, 5.41) is 36.7. The normalized spacial score (nSPS) is 9.93. The van der Waals surface area contributed by atoms with E-state index < -0.39 is 37.9 Å². The molecule has 0 aliphatic heterocycles. The molecule has 0 radical (unpaired) electrons. The molecule has 14 heavy (non-hydrogen) atoms. The van der Waals surface area contributed by atoms with Crippen molar-refractivity contribution in [1.29, 1.82) is 0 Å². The van der Waals surface area contributed by atoms with Gasteiger partial charge in [-0.05, 0) is 0 Å². The Morgan fingerprint density at radius 2 is 1.50 bits per heavy atom. The van der Waals surface area contributed by atoms with E-state index in [1.54, 1.807) is 0 Å². The van der Waals surface area contributed by atoms with E-state index in [0.717, 1.165) is 0 Å². The van der Waals surface area contributed by atoms with Gasteiger partial charge in [-0.3, -0.25) is 10.1 Å². The van der Waals surface area contributed by atoms with Gasteiger partial charge >= 0.3 is 35.5 Å². The summed E-state index contributed by atoms with van der Waals surface area (Å²) in [6.07, 6.45) is 0. The van der Waals surface area contributed by atoms with Crippen LogP contribution in [-0.2, 0) is 4.79 Å². The van der Waals surface area contributed by atoms with E-state index in [2.05, 4.69) is 5.32 Å². The van der Waals surface area contributed by atoms with Gasteiger partial charge in [0.25, 0.3) is 0 Å². The van der Waals surface area contributed by atoms with Gasteiger partial charge in [0.05, 0.1) is 31.9 Å². The first-order chi connectivity index (χ1) is 5.60. The SMILES string of the molecule is O=C(O)CNC(CO)(CO)CO.[Na+].[OH-]. The zero-order chi connectivity index (χ0) is 9.61. The van der Waals surface area contributed by atoms with E-state index in [9.17, 15) is 4.79 Å². The standard InChI is InChI=1S/C6H13NO5.Na.H2O/c8-2-6(3-9,4-10)7-1-5(11)12;;/h7-10H,1-4H2,(H,11,12);;1H2/q;+1;/p-1. The molecule has 0 saturated carbocycles. The average molecular weight is 219 g/mol. The van der Waals surface area contributed by atoms with Gasteiger partial charge in [0, 0.05) is 0 Å². The van der Waals surface area contributed by atoms with Gasteiger partial charge in [0.15, 0.2) is 0 Å². The van der Waals surface area contributed by atoms with Crippen LogP contribution >= 0.6 is 0 Å². The Bertz CT molecular complexity index is 143. The van der Waals surface area contributed by atoms with Crippen molar-refractivity contribution in [3.8, 4) is 0 Å². The average Bonchev–Trinajstić information content (AvgIpc) is 2.08. The molecular weight excluding hydrogens is 205 g/mol. The second kappa shape index (κ2) is 9.81. The van der Waals surface area contributed by atoms with E-state index >= 15 is 0 Å². The largest absolute Gasteiger partial charge is 1.00 e. The van der Waals surface area contributed by atoms with Crippen LogP contribution in [0.4, 0.5) is 0 Å². The molecule has 0 heterocycles. The summed E-state index contributed by atoms with van der Waals surface area (Å²) in [6.45, 7) is -1.98. The predicted octanol–water partition coefficient (Wildman–Crippen LogP) is -5.80. The maximum absolute atomic E-state index is 10.1. The van der Waals surface area contributed by atoms with Crippen LogP contribution in [0.5, 0.6) is 0 Å². The number of rotatable bonds is 6. The van der Waals surface area contributed by atoms with Crippen LogP contribution in [-0.4, -0.2) is 63.8 Å². The van der Waals surface area contributed by atoms with E-state index in [4.69, 9.17) is 20.4 Å². The Kier molecular flexibility index (Phi) is 13.9. The molecule has 0 aromatic carbocycles. The molecule has 7 nitrogen and oxygen atoms in total. The van der Waals surface area contributed by atoms with Crippen LogP contribution in [0.3, 0.4) is 0 Å². The summed E-state index contributed by atoms with van der Waals surface area (Å²) in [4.78, 5) is 10.1. The van der Waals surface area contributed by atoms with Crippen molar-refractivity contribution in [2.24, 2.45) is 0 Å². The Hall–Kier alpha value is 0.270. The molecular formula is C6H14NNaO6. The second-order valence-corrected chi connectivity index (χ2v) is 2.50. The molecule has 0 amide bonds. The fourth-order valence-corrected chi connectivity index (χ4v) is 0.581. The molecule has 0 fully saturated rings. The van der Waals surface area contributed by atoms with Crippen molar-refractivity contribution in [3.63, 3.8) is 0 Å². The zero-order valence-corrected chi connectivity index (χ0v) is 9.97. The van der Waals surface area contributed by atoms with Crippen molar-refractivity contribution in [2.75, 3.05) is 26.4 Å². The number of carboxylic acids is 1. The number of carboxylic acid groups (broad SMARTS) is 1. The molecule has 6 N–H and O–H groups in total. The van der Waals surface area contributed by atoms with Crippen molar-refractivity contribution < 1.29 is 60.3 Å². The quantitative estimate of drug-likeness (QED) is 0.280. The van der Waals surface area contributed by atoms with Crippen LogP contribution in [0.25, 0.3) is 0 Å². The third kappa shape index (κ3) is 6.68. The van der Waals surface area contributed by atoms with Crippen LogP contribution in [0.2, 0.25) is 0 Å². The smallest absolute Gasteiger partial charge is 0.870 e. The molecule has 0 aliphatic rings. The molecule has 0 unspecified atom stereocenters. The first-order valence-electron chi connectivity index (χ1n) is 3.39. The fraction of sp³-hybridized carbons (Fsp3) is 0.833. The van der Waals surface area contributed by atoms with Gasteiger partial charge < -0.3 is 25.9 Å². The van der Waals surface area contributed by atoms with Gasteiger partial charge in [-0.2, -0.15) is 0 Å². The van der Waals surface area contributed by atoms with Crippen LogP contribution in [0, 0.1) is 0 Å². The fourth-order valence-electron chi connectivity index (χ4n) is 0.581. The van der Waals surface area contributed by atoms with Crippen LogP contribution < -0.4 is 34.9 Å². The van der Waals surface area contributed by atoms with Crippen molar-refractivity contribution in [2.45, 2.75) is 5.54 Å². The topological polar surface area (TPSA) is 140 Å². The number of nitrogens with one attached hydrogen (secondary N) is 1. The van der Waals surface area contributed by atoms with E-state index in [0.29, 0.717) is 0 Å². The van der Waals surface area contributed by atoms with Gasteiger partial charge in [0.2, 0.25) is 0 Å². The molecule has 0 aromatic heterocycles. The third-order valence-electron chi connectivity index (χ3n) is 1.52. The summed E-state index contributed by atoms with van der Waals surface area (Å²) in [5.41, 5.74) is -1.31. The summed E-state index contributed by atoms with van der Waals surface area (Å²) < 4.78 is 0. The molecule has 0 aliphatic carbocycles. The van der Waals surface area contributed by atoms with Crippen molar-refractivity contribution >= 4 is 5.97 Å². The number of hydrogen-bond acceptors (Lipinski definition) is 6. The summed E-state index contributed by atoms with van der Waals surface area (Å²) in [5.74, 6) is -1.12. The Balaban J connectivity index is -0.000000605. The van der Waals surface area contributed by atoms with Gasteiger partial charge in [-0.1, -0.05) is 0 Å². The Morgan fingerprint density at radius 3 is 1.71 bits per heavy atom.